The fourth-order valence-electron chi connectivity index (χ4n) is 1.96. The first-order valence-electron chi connectivity index (χ1n) is 5.69. The van der Waals surface area contributed by atoms with Crippen molar-refractivity contribution in [3.8, 4) is 0 Å². The molecule has 0 fully saturated rings. The molecule has 1 aromatic heterocycles. The second kappa shape index (κ2) is 5.67. The van der Waals surface area contributed by atoms with Crippen LogP contribution in [-0.4, -0.2) is 19.0 Å². The van der Waals surface area contributed by atoms with Crippen LogP contribution in [0.15, 0.2) is 29.6 Å². The summed E-state index contributed by atoms with van der Waals surface area (Å²) in [5, 5.41) is 3.70. The number of thiophene rings is 1. The van der Waals surface area contributed by atoms with E-state index in [1.54, 1.807) is 4.90 Å². The van der Waals surface area contributed by atoms with Gasteiger partial charge in [0.1, 0.15) is 6.54 Å². The maximum Gasteiger partial charge on any atom is 0.104 e. The van der Waals surface area contributed by atoms with Gasteiger partial charge < -0.3 is 4.90 Å². The van der Waals surface area contributed by atoms with E-state index in [1.807, 2.05) is 11.3 Å². The summed E-state index contributed by atoms with van der Waals surface area (Å²) in [5.74, 6) is 0.741. The number of fused-ring (bicyclic) bond motifs is 1. The van der Waals surface area contributed by atoms with E-state index < -0.39 is 0 Å². The summed E-state index contributed by atoms with van der Waals surface area (Å²) in [5.41, 5.74) is 1.46. The number of alkyl halides is 1. The van der Waals surface area contributed by atoms with Gasteiger partial charge in [-0.3, -0.25) is 0 Å². The van der Waals surface area contributed by atoms with Gasteiger partial charge >= 0.3 is 0 Å². The van der Waals surface area contributed by atoms with Crippen molar-refractivity contribution >= 4 is 33.0 Å². The Hall–Kier alpha value is -0.570. The van der Waals surface area contributed by atoms with Crippen LogP contribution in [0.5, 0.6) is 0 Å². The van der Waals surface area contributed by atoms with Crippen LogP contribution in [0.2, 0.25) is 0 Å². The number of nitrogens with one attached hydrogen (secondary N) is 1. The molecule has 0 saturated heterocycles. The lowest BCUT2D eigenvalue weighted by molar-refractivity contribution is -0.909. The van der Waals surface area contributed by atoms with E-state index in [0.717, 1.165) is 25.5 Å². The number of benzene rings is 1. The van der Waals surface area contributed by atoms with Gasteiger partial charge in [0, 0.05) is 21.0 Å². The fraction of sp³-hybridized carbons (Fsp3) is 0.385. The zero-order valence-electron chi connectivity index (χ0n) is 9.50. The predicted molar refractivity (Wildman–Crippen MR) is 72.6 cm³/mol. The summed E-state index contributed by atoms with van der Waals surface area (Å²) in [6.07, 6.45) is 0. The van der Waals surface area contributed by atoms with Crippen molar-refractivity contribution in [2.75, 3.05) is 19.0 Å². The highest BCUT2D eigenvalue weighted by atomic mass is 35.5. The van der Waals surface area contributed by atoms with Crippen LogP contribution in [0.1, 0.15) is 12.5 Å². The van der Waals surface area contributed by atoms with Crippen LogP contribution >= 0.6 is 22.9 Å². The largest absolute Gasteiger partial charge is 0.330 e. The summed E-state index contributed by atoms with van der Waals surface area (Å²) in [7, 11) is 0. The summed E-state index contributed by atoms with van der Waals surface area (Å²) >= 11 is 7.65. The number of rotatable bonds is 5. The van der Waals surface area contributed by atoms with Gasteiger partial charge in [0.2, 0.25) is 0 Å². The van der Waals surface area contributed by atoms with Gasteiger partial charge in [-0.2, -0.15) is 0 Å². The molecule has 0 saturated carbocycles. The molecular formula is C13H17ClNS+. The van der Waals surface area contributed by atoms with Gasteiger partial charge in [0.15, 0.2) is 0 Å². The topological polar surface area (TPSA) is 4.44 Å². The first-order chi connectivity index (χ1) is 7.85. The Balaban J connectivity index is 2.20. The highest BCUT2D eigenvalue weighted by molar-refractivity contribution is 7.17. The van der Waals surface area contributed by atoms with Crippen LogP contribution in [0.3, 0.4) is 0 Å². The Morgan fingerprint density at radius 1 is 1.31 bits per heavy atom. The fourth-order valence-corrected chi connectivity index (χ4v) is 3.19. The van der Waals surface area contributed by atoms with Crippen molar-refractivity contribution in [2.45, 2.75) is 13.5 Å². The third-order valence-electron chi connectivity index (χ3n) is 2.95. The molecule has 0 spiro atoms. The minimum atomic E-state index is 0.741. The summed E-state index contributed by atoms with van der Waals surface area (Å²) in [4.78, 5) is 1.55. The van der Waals surface area contributed by atoms with Crippen molar-refractivity contribution in [2.24, 2.45) is 0 Å². The number of hydrogen-bond donors (Lipinski definition) is 1. The van der Waals surface area contributed by atoms with Crippen molar-refractivity contribution in [3.63, 3.8) is 0 Å². The first-order valence-corrected chi connectivity index (χ1v) is 7.11. The first kappa shape index (κ1) is 11.9. The molecule has 1 heterocycles. The van der Waals surface area contributed by atoms with E-state index in [-0.39, 0.29) is 0 Å². The van der Waals surface area contributed by atoms with Crippen LogP contribution in [0, 0.1) is 0 Å². The van der Waals surface area contributed by atoms with Gasteiger partial charge in [-0.25, -0.2) is 0 Å². The molecule has 1 aromatic carbocycles. The van der Waals surface area contributed by atoms with E-state index in [0.29, 0.717) is 0 Å². The standard InChI is InChI=1S/C13H16ClNS/c1-2-15(8-7-14)9-11-10-16-13-6-4-3-5-12(11)13/h3-6,10H,2,7-9H2,1H3/p+1. The maximum absolute atomic E-state index is 5.82. The molecule has 2 rings (SSSR count). The van der Waals surface area contributed by atoms with Crippen molar-refractivity contribution < 1.29 is 4.90 Å². The van der Waals surface area contributed by atoms with Crippen molar-refractivity contribution in [1.29, 1.82) is 0 Å². The Kier molecular flexibility index (Phi) is 4.22. The van der Waals surface area contributed by atoms with Crippen LogP contribution in [0.4, 0.5) is 0 Å². The lowest BCUT2D eigenvalue weighted by Crippen LogP contribution is -3.10. The van der Waals surface area contributed by atoms with Crippen LogP contribution in [-0.2, 0) is 6.54 Å². The Bertz CT molecular complexity index is 452. The van der Waals surface area contributed by atoms with E-state index in [1.165, 1.54) is 15.6 Å². The molecule has 0 amide bonds. The van der Waals surface area contributed by atoms with E-state index in [4.69, 9.17) is 11.6 Å². The number of quaternary nitrogens is 1. The molecule has 2 aromatic rings. The molecule has 1 nitrogen and oxygen atoms in total. The number of hydrogen-bond acceptors (Lipinski definition) is 1. The summed E-state index contributed by atoms with van der Waals surface area (Å²) < 4.78 is 1.39. The van der Waals surface area contributed by atoms with Crippen LogP contribution < -0.4 is 4.90 Å². The monoisotopic (exact) mass is 254 g/mol. The molecule has 1 unspecified atom stereocenters. The summed E-state index contributed by atoms with van der Waals surface area (Å²) in [6.45, 7) is 5.49. The average molecular weight is 255 g/mol. The van der Waals surface area contributed by atoms with E-state index >= 15 is 0 Å². The molecule has 86 valence electrons. The highest BCUT2D eigenvalue weighted by Crippen LogP contribution is 2.24. The smallest absolute Gasteiger partial charge is 0.104 e. The molecule has 1 N–H and O–H groups in total. The summed E-state index contributed by atoms with van der Waals surface area (Å²) in [6, 6.07) is 8.63. The average Bonchev–Trinajstić information content (AvgIpc) is 2.72. The van der Waals surface area contributed by atoms with Gasteiger partial charge in [-0.05, 0) is 13.0 Å². The third kappa shape index (κ3) is 2.57. The lowest BCUT2D eigenvalue weighted by Gasteiger charge is -2.15. The zero-order chi connectivity index (χ0) is 11.4. The molecular weight excluding hydrogens is 238 g/mol. The Labute approximate surface area is 106 Å². The predicted octanol–water partition coefficient (Wildman–Crippen LogP) is 2.54. The molecule has 0 aliphatic heterocycles. The molecule has 3 heteroatoms. The van der Waals surface area contributed by atoms with Crippen molar-refractivity contribution in [1.82, 2.24) is 0 Å². The Morgan fingerprint density at radius 2 is 2.12 bits per heavy atom. The third-order valence-corrected chi connectivity index (χ3v) is 4.15. The quantitative estimate of drug-likeness (QED) is 0.783. The molecule has 0 bridgehead atoms. The molecule has 0 aliphatic carbocycles. The molecule has 0 radical (unpaired) electrons. The second-order valence-corrected chi connectivity index (χ2v) is 5.27. The number of halogens is 1. The van der Waals surface area contributed by atoms with Gasteiger partial charge in [-0.15, -0.1) is 22.9 Å². The van der Waals surface area contributed by atoms with Gasteiger partial charge in [0.05, 0.1) is 19.0 Å². The van der Waals surface area contributed by atoms with Crippen LogP contribution in [0.25, 0.3) is 10.1 Å². The highest BCUT2D eigenvalue weighted by Gasteiger charge is 2.10. The SMILES string of the molecule is CC[NH+](CCCl)Cc1csc2ccccc12. The van der Waals surface area contributed by atoms with Crippen molar-refractivity contribution in [3.05, 3.63) is 35.2 Å². The minimum absolute atomic E-state index is 0.741. The minimum Gasteiger partial charge on any atom is -0.330 e. The second-order valence-electron chi connectivity index (χ2n) is 3.98. The molecule has 0 aliphatic rings. The van der Waals surface area contributed by atoms with E-state index in [9.17, 15) is 0 Å². The van der Waals surface area contributed by atoms with E-state index in [2.05, 4.69) is 36.6 Å². The molecule has 1 atom stereocenters. The maximum atomic E-state index is 5.82. The lowest BCUT2D eigenvalue weighted by atomic mass is 10.1. The normalized spacial score (nSPS) is 13.1. The Morgan fingerprint density at radius 3 is 2.88 bits per heavy atom. The van der Waals surface area contributed by atoms with Gasteiger partial charge in [0.25, 0.3) is 0 Å². The molecule has 16 heavy (non-hydrogen) atoms. The zero-order valence-corrected chi connectivity index (χ0v) is 11.1. The van der Waals surface area contributed by atoms with Gasteiger partial charge in [-0.1, -0.05) is 18.2 Å².